The number of ether oxygens (including phenoxy) is 1. The molecule has 1 amide bonds. The molecular weight excluding hydrogens is 264 g/mol. The van der Waals surface area contributed by atoms with Crippen LogP contribution in [-0.4, -0.2) is 37.7 Å². The molecular formula is C14H27ClN2O2. The first kappa shape index (κ1) is 16.7. The molecule has 2 rings (SSSR count). The van der Waals surface area contributed by atoms with E-state index in [1.54, 1.807) is 0 Å². The topological polar surface area (TPSA) is 50.4 Å². The number of carbonyl (C=O) groups excluding carboxylic acids is 1. The molecule has 5 heteroatoms. The molecule has 1 atom stereocenters. The Morgan fingerprint density at radius 3 is 2.47 bits per heavy atom. The van der Waals surface area contributed by atoms with E-state index >= 15 is 0 Å². The molecule has 0 aromatic carbocycles. The molecule has 2 fully saturated rings. The highest BCUT2D eigenvalue weighted by Crippen LogP contribution is 2.29. The predicted octanol–water partition coefficient (Wildman–Crippen LogP) is 1.73. The van der Waals surface area contributed by atoms with Crippen LogP contribution >= 0.6 is 12.4 Å². The number of nitrogens with one attached hydrogen (secondary N) is 2. The smallest absolute Gasteiger partial charge is 0.239 e. The first-order valence-electron chi connectivity index (χ1n) is 7.28. The van der Waals surface area contributed by atoms with Gasteiger partial charge in [-0.25, -0.2) is 0 Å². The highest BCUT2D eigenvalue weighted by molar-refractivity contribution is 5.85. The maximum atomic E-state index is 12.0. The first-order chi connectivity index (χ1) is 8.66. The van der Waals surface area contributed by atoms with Gasteiger partial charge in [0.25, 0.3) is 0 Å². The Hall–Kier alpha value is -0.320. The average molecular weight is 291 g/mol. The van der Waals surface area contributed by atoms with Gasteiger partial charge in [0.1, 0.15) is 6.04 Å². The molecule has 1 saturated carbocycles. The standard InChI is InChI=1S/C14H26N2O2.ClH/c1-10(2)11-3-5-12(6-4-11)16-14(17)13-9-18-8-7-15-13;/h10-13,15H,3-9H2,1-2H3,(H,16,17);1H. The third-order valence-corrected chi connectivity index (χ3v) is 4.30. The minimum atomic E-state index is -0.151. The third kappa shape index (κ3) is 4.93. The molecule has 0 aromatic rings. The lowest BCUT2D eigenvalue weighted by molar-refractivity contribution is -0.126. The summed E-state index contributed by atoms with van der Waals surface area (Å²) in [5.74, 6) is 1.73. The molecule has 2 N–H and O–H groups in total. The van der Waals surface area contributed by atoms with Gasteiger partial charge in [-0.3, -0.25) is 4.79 Å². The summed E-state index contributed by atoms with van der Waals surface area (Å²) in [7, 11) is 0. The van der Waals surface area contributed by atoms with Crippen LogP contribution in [0.2, 0.25) is 0 Å². The van der Waals surface area contributed by atoms with Crippen LogP contribution in [0.5, 0.6) is 0 Å². The van der Waals surface area contributed by atoms with E-state index in [9.17, 15) is 4.79 Å². The van der Waals surface area contributed by atoms with Crippen molar-refractivity contribution in [3.63, 3.8) is 0 Å². The molecule has 0 radical (unpaired) electrons. The van der Waals surface area contributed by atoms with Crippen molar-refractivity contribution in [3.05, 3.63) is 0 Å². The number of rotatable bonds is 3. The van der Waals surface area contributed by atoms with Crippen molar-refractivity contribution in [1.29, 1.82) is 0 Å². The van der Waals surface area contributed by atoms with E-state index in [1.807, 2.05) is 0 Å². The monoisotopic (exact) mass is 290 g/mol. The van der Waals surface area contributed by atoms with Crippen molar-refractivity contribution >= 4 is 18.3 Å². The van der Waals surface area contributed by atoms with Crippen LogP contribution in [0.1, 0.15) is 39.5 Å². The summed E-state index contributed by atoms with van der Waals surface area (Å²) in [4.78, 5) is 12.0. The number of carbonyl (C=O) groups is 1. The van der Waals surface area contributed by atoms with Crippen LogP contribution in [0.3, 0.4) is 0 Å². The van der Waals surface area contributed by atoms with Crippen LogP contribution in [0.15, 0.2) is 0 Å². The van der Waals surface area contributed by atoms with Gasteiger partial charge in [-0.15, -0.1) is 12.4 Å². The fraction of sp³-hybridized carbons (Fsp3) is 0.929. The Morgan fingerprint density at radius 1 is 1.26 bits per heavy atom. The Kier molecular flexibility index (Phi) is 7.11. The quantitative estimate of drug-likeness (QED) is 0.832. The van der Waals surface area contributed by atoms with E-state index in [4.69, 9.17) is 4.74 Å². The molecule has 1 saturated heterocycles. The summed E-state index contributed by atoms with van der Waals surface area (Å²) in [6, 6.07) is 0.220. The molecule has 0 bridgehead atoms. The van der Waals surface area contributed by atoms with Gasteiger partial charge in [0.05, 0.1) is 13.2 Å². The normalized spacial score (nSPS) is 31.6. The van der Waals surface area contributed by atoms with Gasteiger partial charge in [-0.05, 0) is 37.5 Å². The third-order valence-electron chi connectivity index (χ3n) is 4.30. The largest absolute Gasteiger partial charge is 0.378 e. The summed E-state index contributed by atoms with van der Waals surface area (Å²) in [6.07, 6.45) is 4.75. The molecule has 1 aliphatic carbocycles. The lowest BCUT2D eigenvalue weighted by Crippen LogP contribution is -2.53. The van der Waals surface area contributed by atoms with Crippen molar-refractivity contribution in [2.75, 3.05) is 19.8 Å². The molecule has 2 aliphatic rings. The van der Waals surface area contributed by atoms with Crippen molar-refractivity contribution < 1.29 is 9.53 Å². The van der Waals surface area contributed by atoms with Crippen LogP contribution in [0, 0.1) is 11.8 Å². The molecule has 112 valence electrons. The van der Waals surface area contributed by atoms with Gasteiger partial charge in [-0.1, -0.05) is 13.8 Å². The maximum absolute atomic E-state index is 12.0. The van der Waals surface area contributed by atoms with Gasteiger partial charge < -0.3 is 15.4 Å². The number of hydrogen-bond donors (Lipinski definition) is 2. The Balaban J connectivity index is 0.00000180. The van der Waals surface area contributed by atoms with Crippen molar-refractivity contribution in [2.45, 2.75) is 51.6 Å². The van der Waals surface area contributed by atoms with E-state index < -0.39 is 0 Å². The molecule has 0 spiro atoms. The highest BCUT2D eigenvalue weighted by Gasteiger charge is 2.27. The molecule has 1 heterocycles. The summed E-state index contributed by atoms with van der Waals surface area (Å²) < 4.78 is 5.32. The van der Waals surface area contributed by atoms with E-state index in [0.29, 0.717) is 19.3 Å². The molecule has 0 aromatic heterocycles. The summed E-state index contributed by atoms with van der Waals surface area (Å²) in [6.45, 7) is 6.59. The molecule has 1 aliphatic heterocycles. The highest BCUT2D eigenvalue weighted by atomic mass is 35.5. The Bertz CT molecular complexity index is 273. The average Bonchev–Trinajstić information content (AvgIpc) is 2.40. The van der Waals surface area contributed by atoms with Gasteiger partial charge in [-0.2, -0.15) is 0 Å². The zero-order valence-corrected chi connectivity index (χ0v) is 12.8. The van der Waals surface area contributed by atoms with E-state index in [-0.39, 0.29) is 24.4 Å². The van der Waals surface area contributed by atoms with Gasteiger partial charge >= 0.3 is 0 Å². The summed E-state index contributed by atoms with van der Waals surface area (Å²) in [5, 5.41) is 6.37. The number of halogens is 1. The lowest BCUT2D eigenvalue weighted by Gasteiger charge is -2.32. The number of hydrogen-bond acceptors (Lipinski definition) is 3. The summed E-state index contributed by atoms with van der Waals surface area (Å²) in [5.41, 5.74) is 0. The Labute approximate surface area is 122 Å². The van der Waals surface area contributed by atoms with E-state index in [0.717, 1.165) is 31.2 Å². The fourth-order valence-corrected chi connectivity index (χ4v) is 2.97. The van der Waals surface area contributed by atoms with Crippen LogP contribution in [-0.2, 0) is 9.53 Å². The second-order valence-corrected chi connectivity index (χ2v) is 5.95. The fourth-order valence-electron chi connectivity index (χ4n) is 2.97. The van der Waals surface area contributed by atoms with Crippen LogP contribution in [0.4, 0.5) is 0 Å². The molecule has 1 unspecified atom stereocenters. The zero-order chi connectivity index (χ0) is 13.0. The summed E-state index contributed by atoms with van der Waals surface area (Å²) >= 11 is 0. The maximum Gasteiger partial charge on any atom is 0.239 e. The lowest BCUT2D eigenvalue weighted by atomic mass is 9.79. The van der Waals surface area contributed by atoms with Gasteiger partial charge in [0.2, 0.25) is 5.91 Å². The molecule has 4 nitrogen and oxygen atoms in total. The zero-order valence-electron chi connectivity index (χ0n) is 12.0. The van der Waals surface area contributed by atoms with Crippen molar-refractivity contribution in [3.8, 4) is 0 Å². The minimum absolute atomic E-state index is 0. The number of amides is 1. The first-order valence-corrected chi connectivity index (χ1v) is 7.28. The van der Waals surface area contributed by atoms with Gasteiger partial charge in [0.15, 0.2) is 0 Å². The van der Waals surface area contributed by atoms with E-state index in [2.05, 4.69) is 24.5 Å². The second-order valence-electron chi connectivity index (χ2n) is 5.95. The van der Waals surface area contributed by atoms with Gasteiger partial charge in [0, 0.05) is 12.6 Å². The van der Waals surface area contributed by atoms with Crippen LogP contribution < -0.4 is 10.6 Å². The molecule has 19 heavy (non-hydrogen) atoms. The van der Waals surface area contributed by atoms with E-state index in [1.165, 1.54) is 12.8 Å². The van der Waals surface area contributed by atoms with Crippen molar-refractivity contribution in [1.82, 2.24) is 10.6 Å². The minimum Gasteiger partial charge on any atom is -0.378 e. The second kappa shape index (κ2) is 8.08. The Morgan fingerprint density at radius 2 is 1.95 bits per heavy atom. The predicted molar refractivity (Wildman–Crippen MR) is 78.6 cm³/mol. The van der Waals surface area contributed by atoms with Crippen molar-refractivity contribution in [2.24, 2.45) is 11.8 Å². The SMILES string of the molecule is CC(C)C1CCC(NC(=O)C2COCCN2)CC1.Cl. The number of morpholine rings is 1. The van der Waals surface area contributed by atoms with Crippen LogP contribution in [0.25, 0.3) is 0 Å².